The van der Waals surface area contributed by atoms with E-state index in [2.05, 4.69) is 5.32 Å². The van der Waals surface area contributed by atoms with Crippen molar-refractivity contribution in [2.75, 3.05) is 19.4 Å². The third-order valence-corrected chi connectivity index (χ3v) is 4.32. The van der Waals surface area contributed by atoms with Gasteiger partial charge in [0.2, 0.25) is 5.91 Å². The first-order valence-electron chi connectivity index (χ1n) is 7.76. The molecule has 23 heavy (non-hydrogen) atoms. The molecule has 0 aromatic heterocycles. The maximum atomic E-state index is 12.4. The van der Waals surface area contributed by atoms with Gasteiger partial charge in [0.05, 0.1) is 5.54 Å². The second-order valence-electron chi connectivity index (χ2n) is 6.40. The number of nitrogens with two attached hydrogens (primary N) is 1. The molecule has 0 aliphatic heterocycles. The molecule has 0 unspecified atom stereocenters. The van der Waals surface area contributed by atoms with Crippen LogP contribution in [0.15, 0.2) is 18.2 Å². The summed E-state index contributed by atoms with van der Waals surface area (Å²) in [6, 6.07) is 5.33. The number of hydrogen-bond acceptors (Lipinski definition) is 3. The van der Waals surface area contributed by atoms with Gasteiger partial charge in [-0.2, -0.15) is 0 Å². The first-order chi connectivity index (χ1) is 10.3. The van der Waals surface area contributed by atoms with E-state index in [4.69, 9.17) is 5.73 Å². The zero-order valence-corrected chi connectivity index (χ0v) is 14.8. The van der Waals surface area contributed by atoms with Gasteiger partial charge in [0, 0.05) is 25.3 Å². The number of anilines is 1. The van der Waals surface area contributed by atoms with Crippen LogP contribution in [0, 0.1) is 6.92 Å². The third kappa shape index (κ3) is 4.45. The molecule has 1 aliphatic carbocycles. The van der Waals surface area contributed by atoms with Crippen molar-refractivity contribution in [2.45, 2.75) is 44.6 Å². The van der Waals surface area contributed by atoms with Crippen molar-refractivity contribution in [3.63, 3.8) is 0 Å². The Labute approximate surface area is 144 Å². The smallest absolute Gasteiger partial charge is 0.253 e. The Morgan fingerprint density at radius 2 is 1.78 bits per heavy atom. The van der Waals surface area contributed by atoms with Crippen LogP contribution in [0.3, 0.4) is 0 Å². The van der Waals surface area contributed by atoms with Gasteiger partial charge in [0.1, 0.15) is 0 Å². The van der Waals surface area contributed by atoms with E-state index in [1.165, 1.54) is 4.90 Å². The summed E-state index contributed by atoms with van der Waals surface area (Å²) in [7, 11) is 3.44. The van der Waals surface area contributed by atoms with Crippen molar-refractivity contribution in [1.29, 1.82) is 0 Å². The average Bonchev–Trinajstić information content (AvgIpc) is 2.47. The van der Waals surface area contributed by atoms with Crippen LogP contribution in [0.1, 0.15) is 48.0 Å². The molecule has 0 bridgehead atoms. The quantitative estimate of drug-likeness (QED) is 0.889. The number of carbonyl (C=O) groups excluding carboxylic acids is 2. The van der Waals surface area contributed by atoms with E-state index in [1.807, 2.05) is 13.0 Å². The predicted molar refractivity (Wildman–Crippen MR) is 95.1 cm³/mol. The van der Waals surface area contributed by atoms with Gasteiger partial charge in [-0.1, -0.05) is 19.3 Å². The van der Waals surface area contributed by atoms with Gasteiger partial charge >= 0.3 is 0 Å². The van der Waals surface area contributed by atoms with Crippen LogP contribution in [0.4, 0.5) is 5.69 Å². The summed E-state index contributed by atoms with van der Waals surface area (Å²) in [5.41, 5.74) is 7.64. The zero-order valence-electron chi connectivity index (χ0n) is 14.0. The summed E-state index contributed by atoms with van der Waals surface area (Å²) < 4.78 is 0. The van der Waals surface area contributed by atoms with Crippen molar-refractivity contribution >= 4 is 29.9 Å². The molecule has 128 valence electrons. The Hall–Kier alpha value is -1.59. The maximum Gasteiger partial charge on any atom is 0.253 e. The van der Waals surface area contributed by atoms with Crippen molar-refractivity contribution < 1.29 is 9.59 Å². The highest BCUT2D eigenvalue weighted by Gasteiger charge is 2.35. The number of nitrogens with one attached hydrogen (secondary N) is 1. The van der Waals surface area contributed by atoms with Crippen LogP contribution in [0.25, 0.3) is 0 Å². The largest absolute Gasteiger partial charge is 0.345 e. The summed E-state index contributed by atoms with van der Waals surface area (Å²) in [6.45, 7) is 1.87. The Balaban J connectivity index is 0.00000264. The van der Waals surface area contributed by atoms with Gasteiger partial charge in [-0.3, -0.25) is 9.59 Å². The molecule has 6 heteroatoms. The first kappa shape index (κ1) is 19.5. The normalized spacial score (nSPS) is 16.2. The number of halogens is 1. The van der Waals surface area contributed by atoms with E-state index in [-0.39, 0.29) is 24.2 Å². The van der Waals surface area contributed by atoms with E-state index >= 15 is 0 Å². The standard InChI is InChI=1S/C17H25N3O2.ClH/c1-12-11-13(7-8-14(12)15(21)20(2)3)19-16(22)17(18)9-5-4-6-10-17;/h7-8,11H,4-6,9-10,18H2,1-3H3,(H,19,22);1H. The first-order valence-corrected chi connectivity index (χ1v) is 7.76. The third-order valence-electron chi connectivity index (χ3n) is 4.32. The lowest BCUT2D eigenvalue weighted by Crippen LogP contribution is -2.52. The number of amides is 2. The molecule has 3 N–H and O–H groups in total. The van der Waals surface area contributed by atoms with Gasteiger partial charge < -0.3 is 16.0 Å². The molecule has 5 nitrogen and oxygen atoms in total. The summed E-state index contributed by atoms with van der Waals surface area (Å²) in [6.07, 6.45) is 4.61. The van der Waals surface area contributed by atoms with Crippen LogP contribution < -0.4 is 11.1 Å². The Morgan fingerprint density at radius 3 is 2.30 bits per heavy atom. The molecule has 0 heterocycles. The fourth-order valence-corrected chi connectivity index (χ4v) is 2.89. The number of rotatable bonds is 3. The molecule has 2 amide bonds. The SMILES string of the molecule is Cc1cc(NC(=O)C2(N)CCCCC2)ccc1C(=O)N(C)C.Cl. The van der Waals surface area contributed by atoms with Gasteiger partial charge in [0.25, 0.3) is 5.91 Å². The number of hydrogen-bond donors (Lipinski definition) is 2. The zero-order chi connectivity index (χ0) is 16.3. The molecule has 0 spiro atoms. The fraction of sp³-hybridized carbons (Fsp3) is 0.529. The fourth-order valence-electron chi connectivity index (χ4n) is 2.89. The van der Waals surface area contributed by atoms with Crippen molar-refractivity contribution in [3.8, 4) is 0 Å². The maximum absolute atomic E-state index is 12.4. The summed E-state index contributed by atoms with van der Waals surface area (Å²) in [4.78, 5) is 26.0. The highest BCUT2D eigenvalue weighted by atomic mass is 35.5. The van der Waals surface area contributed by atoms with Crippen LogP contribution in [-0.4, -0.2) is 36.3 Å². The van der Waals surface area contributed by atoms with E-state index < -0.39 is 5.54 Å². The average molecular weight is 340 g/mol. The molecular formula is C17H26ClN3O2. The summed E-state index contributed by atoms with van der Waals surface area (Å²) >= 11 is 0. The molecule has 0 saturated heterocycles. The minimum absolute atomic E-state index is 0. The van der Waals surface area contributed by atoms with E-state index in [9.17, 15) is 9.59 Å². The number of aryl methyl sites for hydroxylation is 1. The molecule has 0 radical (unpaired) electrons. The van der Waals surface area contributed by atoms with Crippen molar-refractivity contribution in [3.05, 3.63) is 29.3 Å². The molecule has 1 saturated carbocycles. The lowest BCUT2D eigenvalue weighted by molar-refractivity contribution is -0.122. The van der Waals surface area contributed by atoms with Crippen molar-refractivity contribution in [2.24, 2.45) is 5.73 Å². The molecule has 1 aromatic carbocycles. The van der Waals surface area contributed by atoms with E-state index in [1.54, 1.807) is 26.2 Å². The summed E-state index contributed by atoms with van der Waals surface area (Å²) in [5, 5.41) is 2.90. The number of benzene rings is 1. The minimum Gasteiger partial charge on any atom is -0.345 e. The number of carbonyl (C=O) groups is 2. The summed E-state index contributed by atoms with van der Waals surface area (Å²) in [5.74, 6) is -0.170. The second kappa shape index (κ2) is 7.79. The van der Waals surface area contributed by atoms with Crippen LogP contribution in [0.2, 0.25) is 0 Å². The van der Waals surface area contributed by atoms with Gasteiger partial charge in [-0.05, 0) is 43.5 Å². The van der Waals surface area contributed by atoms with E-state index in [0.717, 1.165) is 37.7 Å². The van der Waals surface area contributed by atoms with Crippen LogP contribution >= 0.6 is 12.4 Å². The predicted octanol–water partition coefficient (Wildman–Crippen LogP) is 2.72. The Bertz CT molecular complexity index is 581. The molecule has 1 aliphatic rings. The van der Waals surface area contributed by atoms with Gasteiger partial charge in [-0.15, -0.1) is 12.4 Å². The minimum atomic E-state index is -0.760. The molecule has 2 rings (SSSR count). The lowest BCUT2D eigenvalue weighted by Gasteiger charge is -2.31. The van der Waals surface area contributed by atoms with Crippen molar-refractivity contribution in [1.82, 2.24) is 4.90 Å². The van der Waals surface area contributed by atoms with Crippen LogP contribution in [-0.2, 0) is 4.79 Å². The number of nitrogens with zero attached hydrogens (tertiary/aromatic N) is 1. The molecule has 0 atom stereocenters. The molecular weight excluding hydrogens is 314 g/mol. The highest BCUT2D eigenvalue weighted by Crippen LogP contribution is 2.27. The van der Waals surface area contributed by atoms with Gasteiger partial charge in [-0.25, -0.2) is 0 Å². The Kier molecular flexibility index (Phi) is 6.59. The topological polar surface area (TPSA) is 75.4 Å². The highest BCUT2D eigenvalue weighted by molar-refractivity contribution is 5.99. The Morgan fingerprint density at radius 1 is 1.17 bits per heavy atom. The van der Waals surface area contributed by atoms with Crippen LogP contribution in [0.5, 0.6) is 0 Å². The second-order valence-corrected chi connectivity index (χ2v) is 6.40. The van der Waals surface area contributed by atoms with E-state index in [0.29, 0.717) is 11.3 Å². The molecule has 1 aromatic rings. The lowest BCUT2D eigenvalue weighted by atomic mass is 9.82. The monoisotopic (exact) mass is 339 g/mol. The molecule has 1 fully saturated rings. The van der Waals surface area contributed by atoms with Gasteiger partial charge in [0.15, 0.2) is 0 Å².